The van der Waals surface area contributed by atoms with Gasteiger partial charge in [-0.05, 0) is 39.3 Å². The summed E-state index contributed by atoms with van der Waals surface area (Å²) < 4.78 is 15.7. The predicted octanol–water partition coefficient (Wildman–Crippen LogP) is 8.21. The van der Waals surface area contributed by atoms with Crippen molar-refractivity contribution in [3.8, 4) is 0 Å². The summed E-state index contributed by atoms with van der Waals surface area (Å²) in [5, 5.41) is 3.07. The summed E-state index contributed by atoms with van der Waals surface area (Å²) in [6.07, 6.45) is 26.7. The molecule has 7 heteroatoms. The van der Waals surface area contributed by atoms with Gasteiger partial charge in [-0.3, -0.25) is 4.79 Å². The number of carbonyl (C=O) groups is 1. The Morgan fingerprint density at radius 3 is 1.66 bits per heavy atom. The zero-order chi connectivity index (χ0) is 25.7. The van der Waals surface area contributed by atoms with Gasteiger partial charge in [0.15, 0.2) is 0 Å². The van der Waals surface area contributed by atoms with Crippen molar-refractivity contribution < 1.29 is 23.5 Å². The van der Waals surface area contributed by atoms with Crippen LogP contribution in [0, 0.1) is 0 Å². The summed E-state index contributed by atoms with van der Waals surface area (Å²) in [6.45, 7) is 4.35. The van der Waals surface area contributed by atoms with Crippen LogP contribution in [0.25, 0.3) is 0 Å². The number of nitrogens with one attached hydrogen (secondary N) is 1. The lowest BCUT2D eigenvalue weighted by molar-refractivity contribution is -0.135. The first-order valence-corrected chi connectivity index (χ1v) is 15.9. The van der Waals surface area contributed by atoms with Crippen LogP contribution in [0.4, 0.5) is 0 Å². The van der Waals surface area contributed by atoms with Crippen LogP contribution in [-0.2, 0) is 18.6 Å². The quantitative estimate of drug-likeness (QED) is 0.0566. The fourth-order valence-electron chi connectivity index (χ4n) is 4.27. The highest BCUT2D eigenvalue weighted by Crippen LogP contribution is 2.33. The van der Waals surface area contributed by atoms with Gasteiger partial charge in [0.05, 0.1) is 13.2 Å². The van der Waals surface area contributed by atoms with Crippen molar-refractivity contribution in [1.82, 2.24) is 5.32 Å². The SMILES string of the molecule is CCCCCCCCCCCCCCCCCCCCC(COP(O)OCCCCNC)OC=O. The lowest BCUT2D eigenvalue weighted by Crippen LogP contribution is -2.18. The Balaban J connectivity index is 3.43. The van der Waals surface area contributed by atoms with Crippen molar-refractivity contribution in [2.45, 2.75) is 148 Å². The largest absolute Gasteiger partial charge is 0.462 e. The van der Waals surface area contributed by atoms with Gasteiger partial charge in [0.1, 0.15) is 6.10 Å². The van der Waals surface area contributed by atoms with E-state index in [2.05, 4.69) is 12.2 Å². The average molecular weight is 520 g/mol. The number of ether oxygens (including phenoxy) is 1. The van der Waals surface area contributed by atoms with E-state index in [1.807, 2.05) is 7.05 Å². The third-order valence-electron chi connectivity index (χ3n) is 6.52. The second-order valence-corrected chi connectivity index (χ2v) is 10.8. The van der Waals surface area contributed by atoms with Crippen LogP contribution >= 0.6 is 8.60 Å². The molecule has 0 spiro atoms. The first kappa shape index (κ1) is 34.7. The highest BCUT2D eigenvalue weighted by Gasteiger charge is 2.14. The Bertz CT molecular complexity index is 417. The minimum Gasteiger partial charge on any atom is -0.462 e. The van der Waals surface area contributed by atoms with Gasteiger partial charge >= 0.3 is 8.60 Å². The number of carbonyl (C=O) groups excluding carboxylic acids is 1. The van der Waals surface area contributed by atoms with E-state index < -0.39 is 8.60 Å². The first-order chi connectivity index (χ1) is 17.2. The van der Waals surface area contributed by atoms with Crippen molar-refractivity contribution >= 4 is 15.1 Å². The monoisotopic (exact) mass is 519 g/mol. The van der Waals surface area contributed by atoms with E-state index in [0.717, 1.165) is 38.6 Å². The van der Waals surface area contributed by atoms with Crippen LogP contribution in [-0.4, -0.2) is 44.3 Å². The van der Waals surface area contributed by atoms with Crippen LogP contribution < -0.4 is 5.32 Å². The molecule has 0 rings (SSSR count). The minimum absolute atomic E-state index is 0.191. The minimum atomic E-state index is -1.90. The summed E-state index contributed by atoms with van der Waals surface area (Å²) >= 11 is 0. The molecule has 0 radical (unpaired) electrons. The molecule has 0 aliphatic rings. The molecule has 0 amide bonds. The maximum Gasteiger partial charge on any atom is 0.329 e. The molecule has 35 heavy (non-hydrogen) atoms. The van der Waals surface area contributed by atoms with Gasteiger partial charge < -0.3 is 24.0 Å². The number of unbranched alkanes of at least 4 members (excludes halogenated alkanes) is 18. The number of rotatable bonds is 30. The highest BCUT2D eigenvalue weighted by atomic mass is 31.2. The van der Waals surface area contributed by atoms with Gasteiger partial charge in [0.25, 0.3) is 6.47 Å². The molecule has 0 fully saturated rings. The van der Waals surface area contributed by atoms with E-state index in [1.165, 1.54) is 103 Å². The normalized spacial score (nSPS) is 13.1. The summed E-state index contributed by atoms with van der Waals surface area (Å²) in [5.41, 5.74) is 0. The molecule has 0 aromatic rings. The molecule has 210 valence electrons. The second kappa shape index (κ2) is 30.0. The molecule has 0 bridgehead atoms. The second-order valence-electron chi connectivity index (χ2n) is 9.83. The molecule has 2 N–H and O–H groups in total. The summed E-state index contributed by atoms with van der Waals surface area (Å²) in [6, 6.07) is 0. The molecule has 0 aromatic carbocycles. The van der Waals surface area contributed by atoms with Crippen molar-refractivity contribution in [3.63, 3.8) is 0 Å². The van der Waals surface area contributed by atoms with E-state index in [9.17, 15) is 9.69 Å². The summed E-state index contributed by atoms with van der Waals surface area (Å²) in [7, 11) is 0.0116. The molecule has 0 heterocycles. The standard InChI is InChI=1S/C28H58NO5P/c1-3-4-5-6-7-8-9-10-11-12-13-14-15-16-17-18-19-20-23-28(32-27-30)26-34-35(31)33-25-22-21-24-29-2/h27-29,31H,3-26H2,1-2H3. The molecule has 0 aromatic heterocycles. The molecule has 2 unspecified atom stereocenters. The van der Waals surface area contributed by atoms with Gasteiger partial charge in [0, 0.05) is 0 Å². The van der Waals surface area contributed by atoms with Crippen LogP contribution in [0.15, 0.2) is 0 Å². The van der Waals surface area contributed by atoms with E-state index in [-0.39, 0.29) is 12.7 Å². The van der Waals surface area contributed by atoms with Crippen LogP contribution in [0.5, 0.6) is 0 Å². The molecule has 0 saturated carbocycles. The average Bonchev–Trinajstić information content (AvgIpc) is 2.86. The van der Waals surface area contributed by atoms with Gasteiger partial charge in [-0.15, -0.1) is 0 Å². The van der Waals surface area contributed by atoms with Gasteiger partial charge in [-0.25, -0.2) is 0 Å². The Labute approximate surface area is 218 Å². The third kappa shape index (κ3) is 28.2. The van der Waals surface area contributed by atoms with Crippen molar-refractivity contribution in [1.29, 1.82) is 0 Å². The Morgan fingerprint density at radius 1 is 0.714 bits per heavy atom. The van der Waals surface area contributed by atoms with E-state index >= 15 is 0 Å². The maximum atomic E-state index is 10.8. The molecule has 2 atom stereocenters. The van der Waals surface area contributed by atoms with Crippen LogP contribution in [0.3, 0.4) is 0 Å². The molecule has 0 saturated heterocycles. The lowest BCUT2D eigenvalue weighted by Gasteiger charge is -2.17. The Morgan fingerprint density at radius 2 is 1.20 bits per heavy atom. The van der Waals surface area contributed by atoms with E-state index in [1.54, 1.807) is 0 Å². The Kier molecular flexibility index (Phi) is 29.7. The van der Waals surface area contributed by atoms with Crippen molar-refractivity contribution in [2.75, 3.05) is 26.8 Å². The van der Waals surface area contributed by atoms with Crippen LogP contribution in [0.2, 0.25) is 0 Å². The third-order valence-corrected chi connectivity index (χ3v) is 7.29. The van der Waals surface area contributed by atoms with Gasteiger partial charge in [-0.1, -0.05) is 116 Å². The zero-order valence-corrected chi connectivity index (χ0v) is 24.0. The molecular weight excluding hydrogens is 461 g/mol. The maximum absolute atomic E-state index is 10.8. The highest BCUT2D eigenvalue weighted by molar-refractivity contribution is 7.40. The smallest absolute Gasteiger partial charge is 0.329 e. The van der Waals surface area contributed by atoms with E-state index in [4.69, 9.17) is 13.8 Å². The molecule has 0 aliphatic heterocycles. The topological polar surface area (TPSA) is 77.0 Å². The van der Waals surface area contributed by atoms with Crippen LogP contribution in [0.1, 0.15) is 142 Å². The summed E-state index contributed by atoms with van der Waals surface area (Å²) in [5.74, 6) is 0. The predicted molar refractivity (Wildman–Crippen MR) is 149 cm³/mol. The molecule has 0 aliphatic carbocycles. The summed E-state index contributed by atoms with van der Waals surface area (Å²) in [4.78, 5) is 20.6. The fraction of sp³-hybridized carbons (Fsp3) is 0.964. The molecular formula is C28H58NO5P. The zero-order valence-electron chi connectivity index (χ0n) is 23.2. The van der Waals surface area contributed by atoms with Gasteiger partial charge in [-0.2, -0.15) is 0 Å². The van der Waals surface area contributed by atoms with Crippen molar-refractivity contribution in [3.05, 3.63) is 0 Å². The number of hydrogen-bond acceptors (Lipinski definition) is 6. The Hall–Kier alpha value is -0.260. The molecule has 6 nitrogen and oxygen atoms in total. The number of hydrogen-bond donors (Lipinski definition) is 2. The van der Waals surface area contributed by atoms with Crippen molar-refractivity contribution in [2.24, 2.45) is 0 Å². The first-order valence-electron chi connectivity index (χ1n) is 14.7. The van der Waals surface area contributed by atoms with Gasteiger partial charge in [0.2, 0.25) is 0 Å². The lowest BCUT2D eigenvalue weighted by atomic mass is 10.0. The fourth-order valence-corrected chi connectivity index (χ4v) is 4.93. The van der Waals surface area contributed by atoms with E-state index in [0.29, 0.717) is 13.1 Å².